The topological polar surface area (TPSA) is 103 Å². The van der Waals surface area contributed by atoms with Crippen LogP contribution in [-0.2, 0) is 11.2 Å². The van der Waals surface area contributed by atoms with E-state index in [0.29, 0.717) is 24.5 Å². The van der Waals surface area contributed by atoms with Crippen molar-refractivity contribution in [3.05, 3.63) is 83.4 Å². The number of fused-ring (bicyclic) bond motifs is 1. The molecule has 0 saturated carbocycles. The highest BCUT2D eigenvalue weighted by Crippen LogP contribution is 2.48. The van der Waals surface area contributed by atoms with Gasteiger partial charge in [0.1, 0.15) is 17.5 Å². The molecule has 182 valence electrons. The van der Waals surface area contributed by atoms with Crippen molar-refractivity contribution in [1.29, 1.82) is 0 Å². The van der Waals surface area contributed by atoms with E-state index in [0.717, 1.165) is 16.7 Å². The Kier molecular flexibility index (Phi) is 6.23. The second kappa shape index (κ2) is 9.48. The number of nitrogens with zero attached hydrogens (tertiary/aromatic N) is 1. The van der Waals surface area contributed by atoms with Gasteiger partial charge in [-0.15, -0.1) is 0 Å². The highest BCUT2D eigenvalue weighted by molar-refractivity contribution is 5.86. The summed E-state index contributed by atoms with van der Waals surface area (Å²) in [5.41, 5.74) is 9.00. The normalized spacial score (nSPS) is 23.4. The first kappa shape index (κ1) is 23.0. The Morgan fingerprint density at radius 1 is 0.886 bits per heavy atom. The number of hydrogen-bond donors (Lipinski definition) is 4. The Labute approximate surface area is 204 Å². The molecule has 0 aliphatic carbocycles. The van der Waals surface area contributed by atoms with Gasteiger partial charge in [0.25, 0.3) is 0 Å². The van der Waals surface area contributed by atoms with E-state index >= 15 is 0 Å². The van der Waals surface area contributed by atoms with Crippen molar-refractivity contribution < 1.29 is 24.5 Å². The number of likely N-dealkylation sites (tertiary alicyclic amines) is 1. The number of hydrogen-bond acceptors (Lipinski definition) is 7. The maximum atomic E-state index is 13.6. The smallest absolute Gasteiger partial charge is 0.242 e. The van der Waals surface area contributed by atoms with Crippen molar-refractivity contribution in [1.82, 2.24) is 15.8 Å². The number of carbonyl (C=O) groups is 1. The zero-order valence-corrected chi connectivity index (χ0v) is 19.6. The lowest BCUT2D eigenvalue weighted by Crippen LogP contribution is -2.42. The van der Waals surface area contributed by atoms with Gasteiger partial charge in [0, 0.05) is 18.0 Å². The summed E-state index contributed by atoms with van der Waals surface area (Å²) in [5.74, 6) is 1.41. The molecule has 8 nitrogen and oxygen atoms in total. The number of phenols is 2. The lowest BCUT2D eigenvalue weighted by Gasteiger charge is -2.31. The van der Waals surface area contributed by atoms with Crippen molar-refractivity contribution in [2.45, 2.75) is 24.5 Å². The summed E-state index contributed by atoms with van der Waals surface area (Å²) in [4.78, 5) is 15.5. The number of ether oxygens (including phenoxy) is 2. The van der Waals surface area contributed by atoms with Gasteiger partial charge >= 0.3 is 0 Å². The molecule has 2 aliphatic heterocycles. The number of amides is 1. The molecule has 2 heterocycles. The highest BCUT2D eigenvalue weighted by Gasteiger charge is 2.55. The van der Waals surface area contributed by atoms with Crippen LogP contribution in [0.15, 0.2) is 66.7 Å². The number of para-hydroxylation sites is 1. The van der Waals surface area contributed by atoms with Crippen LogP contribution in [-0.4, -0.2) is 47.8 Å². The minimum Gasteiger partial charge on any atom is -0.508 e. The van der Waals surface area contributed by atoms with E-state index in [9.17, 15) is 15.0 Å². The number of aromatic hydroxyl groups is 2. The average Bonchev–Trinajstić information content (AvgIpc) is 3.41. The van der Waals surface area contributed by atoms with Crippen LogP contribution in [0.25, 0.3) is 0 Å². The van der Waals surface area contributed by atoms with Gasteiger partial charge in [0.2, 0.25) is 5.91 Å². The van der Waals surface area contributed by atoms with Gasteiger partial charge in [0.05, 0.1) is 26.3 Å². The van der Waals surface area contributed by atoms with Crippen LogP contribution in [0.2, 0.25) is 0 Å². The van der Waals surface area contributed by atoms with Crippen LogP contribution in [0.4, 0.5) is 0 Å². The number of carbonyl (C=O) groups excluding carboxylic acids is 1. The maximum absolute atomic E-state index is 13.6. The molecule has 2 fully saturated rings. The zero-order valence-electron chi connectivity index (χ0n) is 19.6. The molecule has 4 unspecified atom stereocenters. The molecule has 35 heavy (non-hydrogen) atoms. The molecule has 2 aliphatic rings. The molecule has 0 spiro atoms. The third kappa shape index (κ3) is 4.15. The molecular weight excluding hydrogens is 446 g/mol. The monoisotopic (exact) mass is 475 g/mol. The fourth-order valence-corrected chi connectivity index (χ4v) is 5.36. The van der Waals surface area contributed by atoms with Crippen molar-refractivity contribution >= 4 is 5.91 Å². The van der Waals surface area contributed by atoms with Gasteiger partial charge in [-0.05, 0) is 47.9 Å². The summed E-state index contributed by atoms with van der Waals surface area (Å²) in [6, 6.07) is 18.9. The molecule has 3 aromatic carbocycles. The molecule has 8 heteroatoms. The fourth-order valence-electron chi connectivity index (χ4n) is 5.36. The number of phenolic OH excluding ortho intramolecular Hbond substituents is 2. The van der Waals surface area contributed by atoms with Crippen LogP contribution in [0.5, 0.6) is 23.0 Å². The molecule has 0 radical (unpaired) electrons. The van der Waals surface area contributed by atoms with Crippen molar-refractivity contribution in [3.63, 3.8) is 0 Å². The molecule has 4 atom stereocenters. The zero-order chi connectivity index (χ0) is 24.5. The maximum Gasteiger partial charge on any atom is 0.242 e. The van der Waals surface area contributed by atoms with Crippen LogP contribution < -0.4 is 20.3 Å². The third-order valence-electron chi connectivity index (χ3n) is 6.99. The molecule has 1 amide bonds. The number of benzene rings is 3. The summed E-state index contributed by atoms with van der Waals surface area (Å²) in [6.07, 6.45) is 0.621. The summed E-state index contributed by atoms with van der Waals surface area (Å²) in [7, 11) is 3.20. The van der Waals surface area contributed by atoms with Gasteiger partial charge in [-0.2, -0.15) is 0 Å². The predicted molar refractivity (Wildman–Crippen MR) is 130 cm³/mol. The molecule has 2 saturated heterocycles. The first-order valence-electron chi connectivity index (χ1n) is 11.6. The van der Waals surface area contributed by atoms with Gasteiger partial charge in [0.15, 0.2) is 11.5 Å². The van der Waals surface area contributed by atoms with E-state index in [1.54, 1.807) is 44.6 Å². The van der Waals surface area contributed by atoms with Crippen molar-refractivity contribution in [2.24, 2.45) is 5.92 Å². The van der Waals surface area contributed by atoms with Gasteiger partial charge in [-0.3, -0.25) is 4.79 Å². The molecule has 5 rings (SSSR count). The minimum atomic E-state index is -0.461. The Balaban J connectivity index is 1.48. The van der Waals surface area contributed by atoms with Gasteiger partial charge in [-0.1, -0.05) is 36.4 Å². The Morgan fingerprint density at radius 3 is 2.40 bits per heavy atom. The number of nitrogens with one attached hydrogen (secondary N) is 2. The summed E-state index contributed by atoms with van der Waals surface area (Å²) < 4.78 is 10.8. The molecular formula is C27H29N3O5. The van der Waals surface area contributed by atoms with E-state index in [2.05, 4.69) is 10.9 Å². The molecule has 0 aromatic heterocycles. The summed E-state index contributed by atoms with van der Waals surface area (Å²) >= 11 is 0. The quantitative estimate of drug-likeness (QED) is 0.416. The van der Waals surface area contributed by atoms with E-state index in [4.69, 9.17) is 9.47 Å². The van der Waals surface area contributed by atoms with Crippen LogP contribution >= 0.6 is 0 Å². The predicted octanol–water partition coefficient (Wildman–Crippen LogP) is 3.07. The van der Waals surface area contributed by atoms with Crippen molar-refractivity contribution in [3.8, 4) is 23.0 Å². The molecule has 3 aromatic rings. The number of rotatable bonds is 7. The molecule has 0 bridgehead atoms. The standard InChI is InChI=1S/C27H29N3O5/c1-34-21-11-10-16(14-22(21)35-2)12-13-30-26(17-6-5-7-18(31)15-17)23-24(28-29-25(23)27(30)33)19-8-3-4-9-20(19)32/h3-11,14-15,23-26,28-29,31-32H,12-13H2,1-2H3. The highest BCUT2D eigenvalue weighted by atomic mass is 16.5. The Morgan fingerprint density at radius 2 is 1.66 bits per heavy atom. The SMILES string of the molecule is COc1ccc(CCN2C(=O)C3NNC(c4ccccc4O)C3C2c2cccc(O)c2)cc1OC. The number of methoxy groups -OCH3 is 2. The second-order valence-corrected chi connectivity index (χ2v) is 8.89. The van der Waals surface area contributed by atoms with Crippen LogP contribution in [0.3, 0.4) is 0 Å². The Bertz CT molecular complexity index is 1230. The van der Waals surface area contributed by atoms with E-state index in [-0.39, 0.29) is 35.4 Å². The van der Waals surface area contributed by atoms with Crippen LogP contribution in [0.1, 0.15) is 28.8 Å². The molecule has 4 N–H and O–H groups in total. The lowest BCUT2D eigenvalue weighted by molar-refractivity contribution is -0.130. The fraction of sp³-hybridized carbons (Fsp3) is 0.296. The van der Waals surface area contributed by atoms with E-state index < -0.39 is 6.04 Å². The lowest BCUT2D eigenvalue weighted by atomic mass is 9.83. The summed E-state index contributed by atoms with van der Waals surface area (Å²) in [6.45, 7) is 0.483. The van der Waals surface area contributed by atoms with Crippen molar-refractivity contribution in [2.75, 3.05) is 20.8 Å². The first-order valence-corrected chi connectivity index (χ1v) is 11.6. The second-order valence-electron chi connectivity index (χ2n) is 8.89. The van der Waals surface area contributed by atoms with Gasteiger partial charge in [-0.25, -0.2) is 10.9 Å². The third-order valence-corrected chi connectivity index (χ3v) is 6.99. The summed E-state index contributed by atoms with van der Waals surface area (Å²) in [5, 5.41) is 20.7. The average molecular weight is 476 g/mol. The van der Waals surface area contributed by atoms with Crippen LogP contribution in [0, 0.1) is 5.92 Å². The first-order chi connectivity index (χ1) is 17.0. The van der Waals surface area contributed by atoms with E-state index in [1.807, 2.05) is 41.3 Å². The minimum absolute atomic E-state index is 0.0192. The Hall–Kier alpha value is -3.75. The largest absolute Gasteiger partial charge is 0.508 e. The number of hydrazine groups is 1. The van der Waals surface area contributed by atoms with Gasteiger partial charge < -0.3 is 24.6 Å². The van der Waals surface area contributed by atoms with E-state index in [1.165, 1.54) is 0 Å².